The number of para-hydroxylation sites is 1. The van der Waals surface area contributed by atoms with Crippen LogP contribution in [0.4, 0.5) is 10.1 Å². The summed E-state index contributed by atoms with van der Waals surface area (Å²) >= 11 is 0. The molecule has 2 rings (SSSR count). The van der Waals surface area contributed by atoms with Crippen LogP contribution in [-0.2, 0) is 0 Å². The molecule has 1 amide bonds. The molecule has 0 aliphatic carbocycles. The van der Waals surface area contributed by atoms with Gasteiger partial charge < -0.3 is 10.2 Å². The second-order valence-electron chi connectivity index (χ2n) is 5.97. The molecule has 6 nitrogen and oxygen atoms in total. The van der Waals surface area contributed by atoms with Gasteiger partial charge in [0.05, 0.1) is 11.0 Å². The van der Waals surface area contributed by atoms with Crippen LogP contribution in [0, 0.1) is 22.9 Å². The number of halogens is 1. The first-order valence-corrected chi connectivity index (χ1v) is 7.75. The standard InChI is InChI=1S/C18H20FN3O3/c1-12-6-4-9-15(17(12)22(24)25)18(23)20-11-16(21(2)3)13-7-5-8-14(19)10-13/h4-10,16H,11H2,1-3H3,(H,20,23)/t16-/m0/s1. The first-order chi connectivity index (χ1) is 11.8. The number of nitro benzene ring substituents is 1. The molecule has 2 aromatic rings. The maximum Gasteiger partial charge on any atom is 0.285 e. The summed E-state index contributed by atoms with van der Waals surface area (Å²) in [5.74, 6) is -0.886. The molecule has 1 N–H and O–H groups in total. The van der Waals surface area contributed by atoms with Gasteiger partial charge in [-0.3, -0.25) is 14.9 Å². The van der Waals surface area contributed by atoms with Gasteiger partial charge in [-0.1, -0.05) is 24.3 Å². The first-order valence-electron chi connectivity index (χ1n) is 7.75. The summed E-state index contributed by atoms with van der Waals surface area (Å²) in [5, 5.41) is 13.9. The highest BCUT2D eigenvalue weighted by atomic mass is 19.1. The van der Waals surface area contributed by atoms with Gasteiger partial charge in [0.2, 0.25) is 0 Å². The van der Waals surface area contributed by atoms with Crippen LogP contribution >= 0.6 is 0 Å². The van der Waals surface area contributed by atoms with Crippen molar-refractivity contribution in [2.45, 2.75) is 13.0 Å². The van der Waals surface area contributed by atoms with Crippen molar-refractivity contribution < 1.29 is 14.1 Å². The molecule has 132 valence electrons. The van der Waals surface area contributed by atoms with Gasteiger partial charge in [0.25, 0.3) is 11.6 Å². The van der Waals surface area contributed by atoms with E-state index in [4.69, 9.17) is 0 Å². The lowest BCUT2D eigenvalue weighted by Gasteiger charge is -2.25. The predicted octanol–water partition coefficient (Wildman–Crippen LogP) is 3.08. The number of rotatable bonds is 6. The van der Waals surface area contributed by atoms with E-state index in [9.17, 15) is 19.3 Å². The summed E-state index contributed by atoms with van der Waals surface area (Å²) in [6, 6.07) is 10.5. The zero-order valence-electron chi connectivity index (χ0n) is 14.3. The van der Waals surface area contributed by atoms with Crippen LogP contribution in [0.2, 0.25) is 0 Å². The summed E-state index contributed by atoms with van der Waals surface area (Å²) < 4.78 is 13.5. The van der Waals surface area contributed by atoms with Crippen molar-refractivity contribution in [3.05, 3.63) is 75.1 Å². The van der Waals surface area contributed by atoms with Crippen LogP contribution in [-0.4, -0.2) is 36.4 Å². The van der Waals surface area contributed by atoms with E-state index in [1.165, 1.54) is 18.2 Å². The molecule has 25 heavy (non-hydrogen) atoms. The average molecular weight is 345 g/mol. The van der Waals surface area contributed by atoms with Crippen LogP contribution in [0.15, 0.2) is 42.5 Å². The van der Waals surface area contributed by atoms with Crippen LogP contribution in [0.25, 0.3) is 0 Å². The molecule has 0 radical (unpaired) electrons. The number of aryl methyl sites for hydroxylation is 1. The maximum absolute atomic E-state index is 13.5. The van der Waals surface area contributed by atoms with Gasteiger partial charge in [0.1, 0.15) is 11.4 Å². The maximum atomic E-state index is 13.5. The Balaban J connectivity index is 2.20. The van der Waals surface area contributed by atoms with Crippen LogP contribution in [0.1, 0.15) is 27.5 Å². The molecular formula is C18H20FN3O3. The highest BCUT2D eigenvalue weighted by molar-refractivity contribution is 5.98. The van der Waals surface area contributed by atoms with E-state index in [-0.39, 0.29) is 29.7 Å². The lowest BCUT2D eigenvalue weighted by atomic mass is 10.0. The predicted molar refractivity (Wildman–Crippen MR) is 93.0 cm³/mol. The van der Waals surface area contributed by atoms with Gasteiger partial charge in [-0.05, 0) is 44.8 Å². The Morgan fingerprint density at radius 3 is 2.56 bits per heavy atom. The fraction of sp³-hybridized carbons (Fsp3) is 0.278. The molecule has 7 heteroatoms. The van der Waals surface area contributed by atoms with Gasteiger partial charge in [0.15, 0.2) is 0 Å². The summed E-state index contributed by atoms with van der Waals surface area (Å²) in [6.07, 6.45) is 0. The molecule has 0 fully saturated rings. The zero-order valence-corrected chi connectivity index (χ0v) is 14.3. The number of likely N-dealkylation sites (N-methyl/N-ethyl adjacent to an activating group) is 1. The fourth-order valence-corrected chi connectivity index (χ4v) is 2.68. The zero-order chi connectivity index (χ0) is 18.6. The van der Waals surface area contributed by atoms with Crippen molar-refractivity contribution in [1.29, 1.82) is 0 Å². The minimum atomic E-state index is -0.555. The van der Waals surface area contributed by atoms with Crippen molar-refractivity contribution in [2.75, 3.05) is 20.6 Å². The van der Waals surface area contributed by atoms with Gasteiger partial charge in [0, 0.05) is 12.1 Å². The smallest absolute Gasteiger partial charge is 0.285 e. The molecule has 2 aromatic carbocycles. The number of carbonyl (C=O) groups excluding carboxylic acids is 1. The number of nitro groups is 1. The summed E-state index contributed by atoms with van der Waals surface area (Å²) in [5.41, 5.74) is 0.949. The molecule has 1 atom stereocenters. The van der Waals surface area contributed by atoms with Crippen molar-refractivity contribution in [3.8, 4) is 0 Å². The number of amides is 1. The SMILES string of the molecule is Cc1cccc(C(=O)NC[C@@H](c2cccc(F)c2)N(C)C)c1[N+](=O)[O-]. The van der Waals surface area contributed by atoms with E-state index in [0.717, 1.165) is 0 Å². The minimum Gasteiger partial charge on any atom is -0.350 e. The van der Waals surface area contributed by atoms with Crippen molar-refractivity contribution >= 4 is 11.6 Å². The monoisotopic (exact) mass is 345 g/mol. The Hall–Kier alpha value is -2.80. The van der Waals surface area contributed by atoms with Gasteiger partial charge in [-0.15, -0.1) is 0 Å². The Kier molecular flexibility index (Phi) is 5.82. The quantitative estimate of drug-likeness (QED) is 0.645. The Bertz CT molecular complexity index is 793. The first kappa shape index (κ1) is 18.5. The Morgan fingerprint density at radius 1 is 1.28 bits per heavy atom. The highest BCUT2D eigenvalue weighted by Crippen LogP contribution is 2.23. The molecule has 0 heterocycles. The Labute approximate surface area is 145 Å². The molecule has 0 unspecified atom stereocenters. The highest BCUT2D eigenvalue weighted by Gasteiger charge is 2.23. The van der Waals surface area contributed by atoms with E-state index in [1.54, 1.807) is 31.2 Å². The molecule has 0 saturated carbocycles. The topological polar surface area (TPSA) is 75.5 Å². The van der Waals surface area contributed by atoms with E-state index < -0.39 is 10.8 Å². The van der Waals surface area contributed by atoms with Gasteiger partial charge in [-0.25, -0.2) is 4.39 Å². The van der Waals surface area contributed by atoms with E-state index in [1.807, 2.05) is 19.0 Å². The normalized spacial score (nSPS) is 12.0. The van der Waals surface area contributed by atoms with Crippen LogP contribution in [0.3, 0.4) is 0 Å². The summed E-state index contributed by atoms with van der Waals surface area (Å²) in [7, 11) is 3.63. The lowest BCUT2D eigenvalue weighted by Crippen LogP contribution is -2.34. The number of carbonyl (C=O) groups is 1. The second-order valence-corrected chi connectivity index (χ2v) is 5.97. The molecule has 0 spiro atoms. The summed E-state index contributed by atoms with van der Waals surface area (Å²) in [6.45, 7) is 1.78. The summed E-state index contributed by atoms with van der Waals surface area (Å²) in [4.78, 5) is 25.0. The number of benzene rings is 2. The number of nitrogens with zero attached hydrogens (tertiary/aromatic N) is 2. The molecule has 0 saturated heterocycles. The minimum absolute atomic E-state index is 0.0155. The average Bonchev–Trinajstić information content (AvgIpc) is 2.54. The van der Waals surface area contributed by atoms with E-state index >= 15 is 0 Å². The van der Waals surface area contributed by atoms with Crippen molar-refractivity contribution in [3.63, 3.8) is 0 Å². The molecule has 0 aliphatic rings. The number of hydrogen-bond donors (Lipinski definition) is 1. The number of hydrogen-bond acceptors (Lipinski definition) is 4. The third-order valence-electron chi connectivity index (χ3n) is 3.98. The van der Waals surface area contributed by atoms with E-state index in [0.29, 0.717) is 11.1 Å². The van der Waals surface area contributed by atoms with Gasteiger partial charge >= 0.3 is 0 Å². The second kappa shape index (κ2) is 7.85. The molecule has 0 aliphatic heterocycles. The molecule has 0 bridgehead atoms. The molecular weight excluding hydrogens is 325 g/mol. The van der Waals surface area contributed by atoms with Crippen LogP contribution in [0.5, 0.6) is 0 Å². The number of nitrogens with one attached hydrogen (secondary N) is 1. The largest absolute Gasteiger partial charge is 0.350 e. The van der Waals surface area contributed by atoms with Crippen LogP contribution < -0.4 is 5.32 Å². The van der Waals surface area contributed by atoms with Crippen molar-refractivity contribution in [2.24, 2.45) is 0 Å². The fourth-order valence-electron chi connectivity index (χ4n) is 2.68. The third kappa shape index (κ3) is 4.39. The van der Waals surface area contributed by atoms with E-state index in [2.05, 4.69) is 5.32 Å². The Morgan fingerprint density at radius 2 is 1.96 bits per heavy atom. The van der Waals surface area contributed by atoms with Gasteiger partial charge in [-0.2, -0.15) is 0 Å². The lowest BCUT2D eigenvalue weighted by molar-refractivity contribution is -0.385. The molecule has 0 aromatic heterocycles. The third-order valence-corrected chi connectivity index (χ3v) is 3.98. The van der Waals surface area contributed by atoms with Crippen molar-refractivity contribution in [1.82, 2.24) is 10.2 Å².